The van der Waals surface area contributed by atoms with Crippen LogP contribution in [0.5, 0.6) is 0 Å². The Morgan fingerprint density at radius 3 is 2.70 bits per heavy atom. The zero-order valence-corrected chi connectivity index (χ0v) is 12.1. The number of carbonyl (C=O) groups excluding carboxylic acids is 1. The van der Waals surface area contributed by atoms with E-state index in [2.05, 4.69) is 27.1 Å². The van der Waals surface area contributed by atoms with Crippen LogP contribution in [-0.4, -0.2) is 22.4 Å². The summed E-state index contributed by atoms with van der Waals surface area (Å²) < 4.78 is 37.7. The molecule has 0 aliphatic carbocycles. The second-order valence-corrected chi connectivity index (χ2v) is 4.61. The summed E-state index contributed by atoms with van der Waals surface area (Å²) in [4.78, 5) is 19.6. The van der Waals surface area contributed by atoms with Gasteiger partial charge in [-0.3, -0.25) is 9.78 Å². The quantitative estimate of drug-likeness (QED) is 0.866. The van der Waals surface area contributed by atoms with Gasteiger partial charge in [-0.05, 0) is 25.1 Å². The largest absolute Gasteiger partial charge is 0.416 e. The van der Waals surface area contributed by atoms with Gasteiger partial charge >= 0.3 is 6.18 Å². The van der Waals surface area contributed by atoms with Crippen molar-refractivity contribution in [1.82, 2.24) is 15.3 Å². The van der Waals surface area contributed by atoms with Gasteiger partial charge in [0.15, 0.2) is 0 Å². The van der Waals surface area contributed by atoms with Crippen molar-refractivity contribution in [2.75, 3.05) is 6.54 Å². The number of aryl methyl sites for hydroxylation is 1. The third-order valence-corrected chi connectivity index (χ3v) is 2.77. The fourth-order valence-electron chi connectivity index (χ4n) is 1.64. The molecule has 2 rings (SSSR count). The highest BCUT2D eigenvalue weighted by Crippen LogP contribution is 2.29. The van der Waals surface area contributed by atoms with Crippen LogP contribution in [0.15, 0.2) is 36.7 Å². The van der Waals surface area contributed by atoms with Gasteiger partial charge in [-0.1, -0.05) is 17.9 Å². The Kier molecular flexibility index (Phi) is 4.96. The predicted molar refractivity (Wildman–Crippen MR) is 77.4 cm³/mol. The second-order valence-electron chi connectivity index (χ2n) is 4.61. The Hall–Kier alpha value is -2.88. The molecule has 4 nitrogen and oxygen atoms in total. The zero-order valence-electron chi connectivity index (χ0n) is 12.1. The fourth-order valence-corrected chi connectivity index (χ4v) is 1.64. The molecule has 0 aliphatic rings. The number of aromatic nitrogens is 2. The van der Waals surface area contributed by atoms with Crippen molar-refractivity contribution in [2.45, 2.75) is 13.1 Å². The van der Waals surface area contributed by atoms with Gasteiger partial charge in [0.25, 0.3) is 5.91 Å². The highest BCUT2D eigenvalue weighted by atomic mass is 19.4. The smallest absolute Gasteiger partial charge is 0.340 e. The van der Waals surface area contributed by atoms with E-state index in [4.69, 9.17) is 0 Å². The molecule has 0 saturated heterocycles. The van der Waals surface area contributed by atoms with Gasteiger partial charge in [-0.2, -0.15) is 13.2 Å². The van der Waals surface area contributed by atoms with Crippen molar-refractivity contribution in [3.05, 3.63) is 59.2 Å². The van der Waals surface area contributed by atoms with Gasteiger partial charge in [0.1, 0.15) is 5.69 Å². The first kappa shape index (κ1) is 16.5. The molecule has 0 saturated carbocycles. The molecule has 1 N–H and O–H groups in total. The number of hydrogen-bond donors (Lipinski definition) is 1. The Morgan fingerprint density at radius 2 is 2.04 bits per heavy atom. The van der Waals surface area contributed by atoms with Crippen molar-refractivity contribution < 1.29 is 18.0 Å². The summed E-state index contributed by atoms with van der Waals surface area (Å²) in [5.41, 5.74) is 0.301. The maximum atomic E-state index is 12.6. The van der Waals surface area contributed by atoms with Crippen LogP contribution >= 0.6 is 0 Å². The van der Waals surface area contributed by atoms with E-state index in [0.717, 1.165) is 12.1 Å². The van der Waals surface area contributed by atoms with Crippen LogP contribution in [0.3, 0.4) is 0 Å². The summed E-state index contributed by atoms with van der Waals surface area (Å²) in [7, 11) is 0. The molecular formula is C16H12F3N3O. The number of nitrogens with zero attached hydrogens (tertiary/aromatic N) is 2. The van der Waals surface area contributed by atoms with Gasteiger partial charge in [-0.25, -0.2) is 4.98 Å². The van der Waals surface area contributed by atoms with Crippen LogP contribution in [0.2, 0.25) is 0 Å². The number of rotatable bonds is 2. The number of alkyl halides is 3. The number of halogens is 3. The number of benzene rings is 1. The second kappa shape index (κ2) is 6.92. The lowest BCUT2D eigenvalue weighted by atomic mass is 10.1. The van der Waals surface area contributed by atoms with Gasteiger partial charge in [0, 0.05) is 11.8 Å². The molecule has 0 spiro atoms. The predicted octanol–water partition coefficient (Wildman–Crippen LogP) is 2.59. The van der Waals surface area contributed by atoms with Crippen LogP contribution in [0.1, 0.15) is 27.3 Å². The average Bonchev–Trinajstić information content (AvgIpc) is 2.51. The van der Waals surface area contributed by atoms with Crippen molar-refractivity contribution in [3.63, 3.8) is 0 Å². The molecule has 1 aromatic heterocycles. The lowest BCUT2D eigenvalue weighted by Crippen LogP contribution is -2.24. The molecule has 1 heterocycles. The SMILES string of the molecule is Cc1cnc(C(=O)NCC#Cc2cccc(C(F)(F)F)c2)cn1. The van der Waals surface area contributed by atoms with E-state index in [1.165, 1.54) is 24.5 Å². The maximum absolute atomic E-state index is 12.6. The van der Waals surface area contributed by atoms with Crippen molar-refractivity contribution in [3.8, 4) is 11.8 Å². The normalized spacial score (nSPS) is 10.6. The van der Waals surface area contributed by atoms with Crippen LogP contribution < -0.4 is 5.32 Å². The molecule has 0 fully saturated rings. The summed E-state index contributed by atoms with van der Waals surface area (Å²) in [6, 6.07) is 4.69. The molecule has 0 aliphatic heterocycles. The maximum Gasteiger partial charge on any atom is 0.416 e. The van der Waals surface area contributed by atoms with Crippen molar-refractivity contribution >= 4 is 5.91 Å². The highest BCUT2D eigenvalue weighted by Gasteiger charge is 2.30. The molecule has 7 heteroatoms. The monoisotopic (exact) mass is 319 g/mol. The summed E-state index contributed by atoms with van der Waals surface area (Å²) in [6.45, 7) is 1.74. The van der Waals surface area contributed by atoms with E-state index in [9.17, 15) is 18.0 Å². The molecule has 118 valence electrons. The highest BCUT2D eigenvalue weighted by molar-refractivity contribution is 5.92. The Bertz CT molecular complexity index is 759. The summed E-state index contributed by atoms with van der Waals surface area (Å²) >= 11 is 0. The molecule has 1 aromatic carbocycles. The molecule has 0 atom stereocenters. The Labute approximate surface area is 130 Å². The first-order chi connectivity index (χ1) is 10.9. The third kappa shape index (κ3) is 4.81. The number of amides is 1. The first-order valence-corrected chi connectivity index (χ1v) is 6.59. The van der Waals surface area contributed by atoms with E-state index in [1.54, 1.807) is 6.92 Å². The van der Waals surface area contributed by atoms with Crippen molar-refractivity contribution in [2.24, 2.45) is 0 Å². The molecule has 23 heavy (non-hydrogen) atoms. The van der Waals surface area contributed by atoms with Gasteiger partial charge in [-0.15, -0.1) is 0 Å². The lowest BCUT2D eigenvalue weighted by molar-refractivity contribution is -0.137. The third-order valence-electron chi connectivity index (χ3n) is 2.77. The van der Waals surface area contributed by atoms with Crippen LogP contribution in [0.25, 0.3) is 0 Å². The zero-order chi connectivity index (χ0) is 16.9. The summed E-state index contributed by atoms with van der Waals surface area (Å²) in [5, 5.41) is 2.50. The minimum atomic E-state index is -4.41. The molecule has 1 amide bonds. The molecule has 2 aromatic rings. The van der Waals surface area contributed by atoms with Gasteiger partial charge < -0.3 is 5.32 Å². The van der Waals surface area contributed by atoms with Crippen LogP contribution in [-0.2, 0) is 6.18 Å². The van der Waals surface area contributed by atoms with Gasteiger partial charge in [0.05, 0.1) is 24.0 Å². The first-order valence-electron chi connectivity index (χ1n) is 6.59. The van der Waals surface area contributed by atoms with E-state index in [0.29, 0.717) is 5.69 Å². The lowest BCUT2D eigenvalue weighted by Gasteiger charge is -2.05. The molecule has 0 radical (unpaired) electrons. The van der Waals surface area contributed by atoms with E-state index >= 15 is 0 Å². The Morgan fingerprint density at radius 1 is 1.26 bits per heavy atom. The van der Waals surface area contributed by atoms with Gasteiger partial charge in [0.2, 0.25) is 0 Å². The number of carbonyl (C=O) groups is 1. The molecular weight excluding hydrogens is 307 g/mol. The molecule has 0 bridgehead atoms. The van der Waals surface area contributed by atoms with E-state index in [-0.39, 0.29) is 17.8 Å². The fraction of sp³-hybridized carbons (Fsp3) is 0.188. The summed E-state index contributed by atoms with van der Waals surface area (Å²) in [5.74, 6) is 4.72. The Balaban J connectivity index is 1.96. The molecule has 0 unspecified atom stereocenters. The minimum absolute atomic E-state index is 0.00929. The van der Waals surface area contributed by atoms with E-state index in [1.807, 2.05) is 0 Å². The minimum Gasteiger partial charge on any atom is -0.340 e. The number of hydrogen-bond acceptors (Lipinski definition) is 3. The van der Waals surface area contributed by atoms with Crippen molar-refractivity contribution in [1.29, 1.82) is 0 Å². The topological polar surface area (TPSA) is 54.9 Å². The van der Waals surface area contributed by atoms with Crippen LogP contribution in [0, 0.1) is 18.8 Å². The van der Waals surface area contributed by atoms with E-state index < -0.39 is 17.6 Å². The average molecular weight is 319 g/mol. The summed E-state index contributed by atoms with van der Waals surface area (Å²) in [6.07, 6.45) is -1.61. The number of nitrogens with one attached hydrogen (secondary N) is 1. The standard InChI is InChI=1S/C16H12F3N3O/c1-11-9-22-14(10-21-11)15(23)20-7-3-5-12-4-2-6-13(8-12)16(17,18)19/h2,4,6,8-10H,7H2,1H3,(H,20,23). The van der Waals surface area contributed by atoms with Crippen LogP contribution in [0.4, 0.5) is 13.2 Å².